The Hall–Kier alpha value is -2.01. The highest BCUT2D eigenvalue weighted by molar-refractivity contribution is 7.16. The predicted molar refractivity (Wildman–Crippen MR) is 70.2 cm³/mol. The molecule has 4 N–H and O–H groups in total. The topological polar surface area (TPSA) is 75.3 Å². The molecule has 1 aromatic heterocycles. The number of carboxylic acids is 1. The number of para-hydroxylation sites is 2. The van der Waals surface area contributed by atoms with E-state index in [1.807, 2.05) is 25.1 Å². The van der Waals surface area contributed by atoms with Crippen molar-refractivity contribution in [2.24, 2.45) is 0 Å². The molecule has 0 aliphatic heterocycles. The smallest absolute Gasteiger partial charge is 0.338 e. The van der Waals surface area contributed by atoms with E-state index in [1.54, 1.807) is 12.1 Å². The van der Waals surface area contributed by atoms with Gasteiger partial charge in [-0.25, -0.2) is 4.79 Å². The number of anilines is 3. The summed E-state index contributed by atoms with van der Waals surface area (Å²) in [6.45, 7) is 1.87. The van der Waals surface area contributed by atoms with Gasteiger partial charge in [-0.15, -0.1) is 11.3 Å². The lowest BCUT2D eigenvalue weighted by atomic mass is 10.2. The third kappa shape index (κ3) is 2.39. The molecule has 17 heavy (non-hydrogen) atoms. The molecule has 0 amide bonds. The van der Waals surface area contributed by atoms with Crippen molar-refractivity contribution in [1.82, 2.24) is 0 Å². The van der Waals surface area contributed by atoms with Crippen LogP contribution in [0, 0.1) is 6.92 Å². The highest BCUT2D eigenvalue weighted by Gasteiger charge is 2.14. The number of aromatic carboxylic acids is 1. The van der Waals surface area contributed by atoms with Crippen LogP contribution in [0.4, 0.5) is 16.4 Å². The summed E-state index contributed by atoms with van der Waals surface area (Å²) in [5.41, 5.74) is 7.38. The largest absolute Gasteiger partial charge is 0.478 e. The number of rotatable bonds is 3. The summed E-state index contributed by atoms with van der Waals surface area (Å²) in [5.74, 6) is -0.939. The number of nitrogen functional groups attached to an aromatic ring is 1. The standard InChI is InChI=1S/C12H12N2O2S/c1-7-6-8(12(15)16)11(17-7)14-10-5-3-2-4-9(10)13/h2-6,14H,13H2,1H3,(H,15,16). The van der Waals surface area contributed by atoms with Crippen LogP contribution in [0.2, 0.25) is 0 Å². The van der Waals surface area contributed by atoms with Gasteiger partial charge in [-0.1, -0.05) is 12.1 Å². The Morgan fingerprint density at radius 1 is 1.41 bits per heavy atom. The normalized spacial score (nSPS) is 10.2. The van der Waals surface area contributed by atoms with Crippen LogP contribution in [-0.2, 0) is 0 Å². The first-order chi connectivity index (χ1) is 8.08. The number of carboxylic acid groups (broad SMARTS) is 1. The first-order valence-electron chi connectivity index (χ1n) is 5.03. The number of hydrogen-bond donors (Lipinski definition) is 3. The van der Waals surface area contributed by atoms with Crippen LogP contribution >= 0.6 is 11.3 Å². The molecule has 0 radical (unpaired) electrons. The zero-order valence-corrected chi connectivity index (χ0v) is 10.0. The molecular weight excluding hydrogens is 236 g/mol. The summed E-state index contributed by atoms with van der Waals surface area (Å²) in [4.78, 5) is 12.0. The van der Waals surface area contributed by atoms with Crippen LogP contribution in [0.1, 0.15) is 15.2 Å². The van der Waals surface area contributed by atoms with Crippen LogP contribution in [0.25, 0.3) is 0 Å². The van der Waals surface area contributed by atoms with Gasteiger partial charge in [-0.05, 0) is 25.1 Å². The maximum atomic E-state index is 11.0. The Balaban J connectivity index is 2.36. The van der Waals surface area contributed by atoms with E-state index >= 15 is 0 Å². The highest BCUT2D eigenvalue weighted by atomic mass is 32.1. The number of aryl methyl sites for hydroxylation is 1. The summed E-state index contributed by atoms with van der Waals surface area (Å²) in [5, 5.41) is 12.7. The van der Waals surface area contributed by atoms with Crippen molar-refractivity contribution < 1.29 is 9.90 Å². The Kier molecular flexibility index (Phi) is 3.01. The van der Waals surface area contributed by atoms with E-state index in [1.165, 1.54) is 11.3 Å². The molecule has 0 saturated heterocycles. The summed E-state index contributed by atoms with van der Waals surface area (Å²) >= 11 is 1.40. The molecule has 0 aliphatic rings. The molecule has 5 heteroatoms. The fraction of sp³-hybridized carbons (Fsp3) is 0.0833. The van der Waals surface area contributed by atoms with E-state index in [0.717, 1.165) is 10.6 Å². The third-order valence-corrected chi connectivity index (χ3v) is 3.26. The van der Waals surface area contributed by atoms with E-state index in [0.29, 0.717) is 10.7 Å². The SMILES string of the molecule is Cc1cc(C(=O)O)c(Nc2ccccc2N)s1. The van der Waals surface area contributed by atoms with Crippen LogP contribution in [-0.4, -0.2) is 11.1 Å². The Morgan fingerprint density at radius 2 is 2.12 bits per heavy atom. The van der Waals surface area contributed by atoms with E-state index in [-0.39, 0.29) is 5.56 Å². The van der Waals surface area contributed by atoms with Gasteiger partial charge >= 0.3 is 5.97 Å². The lowest BCUT2D eigenvalue weighted by molar-refractivity contribution is 0.0698. The van der Waals surface area contributed by atoms with E-state index < -0.39 is 5.97 Å². The van der Waals surface area contributed by atoms with Gasteiger partial charge in [0.05, 0.1) is 16.9 Å². The lowest BCUT2D eigenvalue weighted by Crippen LogP contribution is -2.00. The number of thiophene rings is 1. The highest BCUT2D eigenvalue weighted by Crippen LogP contribution is 2.32. The molecule has 4 nitrogen and oxygen atoms in total. The molecule has 2 aromatic rings. The quantitative estimate of drug-likeness (QED) is 0.730. The van der Waals surface area contributed by atoms with Crippen molar-refractivity contribution >= 4 is 33.7 Å². The van der Waals surface area contributed by atoms with Gasteiger partial charge in [-0.2, -0.15) is 0 Å². The van der Waals surface area contributed by atoms with Crippen LogP contribution < -0.4 is 11.1 Å². The van der Waals surface area contributed by atoms with Crippen molar-refractivity contribution in [3.05, 3.63) is 40.8 Å². The first kappa shape index (κ1) is 11.5. The minimum absolute atomic E-state index is 0.274. The summed E-state index contributed by atoms with van der Waals surface area (Å²) in [6, 6.07) is 8.91. The minimum atomic E-state index is -0.939. The van der Waals surface area contributed by atoms with Crippen molar-refractivity contribution in [2.75, 3.05) is 11.1 Å². The van der Waals surface area contributed by atoms with Gasteiger partial charge in [0.25, 0.3) is 0 Å². The molecule has 0 aliphatic carbocycles. The second-order valence-electron chi connectivity index (χ2n) is 3.62. The van der Waals surface area contributed by atoms with E-state index in [4.69, 9.17) is 10.8 Å². The number of nitrogens with two attached hydrogens (primary N) is 1. The third-order valence-electron chi connectivity index (χ3n) is 2.29. The van der Waals surface area contributed by atoms with Crippen LogP contribution in [0.5, 0.6) is 0 Å². The molecule has 0 bridgehead atoms. The van der Waals surface area contributed by atoms with Gasteiger partial charge < -0.3 is 16.2 Å². The van der Waals surface area contributed by atoms with Gasteiger partial charge in [0.1, 0.15) is 5.00 Å². The van der Waals surface area contributed by atoms with Gasteiger partial charge in [0, 0.05) is 4.88 Å². The Morgan fingerprint density at radius 3 is 2.76 bits per heavy atom. The number of carbonyl (C=O) groups is 1. The summed E-state index contributed by atoms with van der Waals surface area (Å²) < 4.78 is 0. The molecule has 0 atom stereocenters. The molecule has 0 spiro atoms. The molecule has 1 heterocycles. The number of nitrogens with one attached hydrogen (secondary N) is 1. The van der Waals surface area contributed by atoms with E-state index in [9.17, 15) is 4.79 Å². The average Bonchev–Trinajstić information content (AvgIpc) is 2.63. The fourth-order valence-electron chi connectivity index (χ4n) is 1.50. The van der Waals surface area contributed by atoms with Crippen molar-refractivity contribution in [3.8, 4) is 0 Å². The van der Waals surface area contributed by atoms with Gasteiger partial charge in [-0.3, -0.25) is 0 Å². The Labute approximate surface area is 103 Å². The van der Waals surface area contributed by atoms with Gasteiger partial charge in [0.2, 0.25) is 0 Å². The summed E-state index contributed by atoms with van der Waals surface area (Å²) in [7, 11) is 0. The van der Waals surface area contributed by atoms with E-state index in [2.05, 4.69) is 5.32 Å². The fourth-order valence-corrected chi connectivity index (χ4v) is 2.42. The van der Waals surface area contributed by atoms with Crippen molar-refractivity contribution in [1.29, 1.82) is 0 Å². The first-order valence-corrected chi connectivity index (χ1v) is 5.85. The second kappa shape index (κ2) is 4.47. The molecule has 1 aromatic carbocycles. The van der Waals surface area contributed by atoms with Crippen LogP contribution in [0.15, 0.2) is 30.3 Å². The van der Waals surface area contributed by atoms with Crippen molar-refractivity contribution in [3.63, 3.8) is 0 Å². The maximum Gasteiger partial charge on any atom is 0.338 e. The van der Waals surface area contributed by atoms with Crippen LogP contribution in [0.3, 0.4) is 0 Å². The van der Waals surface area contributed by atoms with Crippen molar-refractivity contribution in [2.45, 2.75) is 6.92 Å². The second-order valence-corrected chi connectivity index (χ2v) is 4.87. The molecule has 2 rings (SSSR count). The number of hydrogen-bond acceptors (Lipinski definition) is 4. The van der Waals surface area contributed by atoms with Gasteiger partial charge in [0.15, 0.2) is 0 Å². The zero-order valence-electron chi connectivity index (χ0n) is 9.23. The molecule has 88 valence electrons. The average molecular weight is 248 g/mol. The molecule has 0 fully saturated rings. The molecular formula is C12H12N2O2S. The lowest BCUT2D eigenvalue weighted by Gasteiger charge is -2.07. The molecule has 0 saturated carbocycles. The maximum absolute atomic E-state index is 11.0. The number of benzene rings is 1. The summed E-state index contributed by atoms with van der Waals surface area (Å²) in [6.07, 6.45) is 0. The zero-order chi connectivity index (χ0) is 12.4. The molecule has 0 unspecified atom stereocenters. The monoisotopic (exact) mass is 248 g/mol. The predicted octanol–water partition coefficient (Wildman–Crippen LogP) is 3.08. The Bertz CT molecular complexity index is 563. The minimum Gasteiger partial charge on any atom is -0.478 e.